The summed E-state index contributed by atoms with van der Waals surface area (Å²) in [5, 5.41) is 13.3. The molecule has 0 aliphatic carbocycles. The highest BCUT2D eigenvalue weighted by atomic mass is 16.5. The van der Waals surface area contributed by atoms with Gasteiger partial charge in [-0.05, 0) is 76.9 Å². The fourth-order valence-electron chi connectivity index (χ4n) is 5.31. The topological polar surface area (TPSA) is 130 Å². The van der Waals surface area contributed by atoms with Crippen LogP contribution in [0.4, 0.5) is 0 Å². The molecule has 41 heavy (non-hydrogen) atoms. The van der Waals surface area contributed by atoms with Crippen LogP contribution in [0.5, 0.6) is 5.75 Å². The van der Waals surface area contributed by atoms with Crippen molar-refractivity contribution < 1.29 is 29.1 Å². The quantitative estimate of drug-likeness (QED) is 0.193. The summed E-state index contributed by atoms with van der Waals surface area (Å²) in [5.74, 6) is -0.634. The van der Waals surface area contributed by atoms with Crippen molar-refractivity contribution in [1.29, 1.82) is 0 Å². The smallest absolute Gasteiger partial charge is 0.325 e. The number of hydrogen-bond acceptors (Lipinski definition) is 8. The molecule has 1 aliphatic heterocycles. The van der Waals surface area contributed by atoms with Crippen LogP contribution in [0, 0.1) is 6.92 Å². The number of aryl methyl sites for hydroxylation is 1. The lowest BCUT2D eigenvalue weighted by molar-refractivity contribution is -0.157. The number of nitrogens with one attached hydrogen (secondary N) is 2. The first-order chi connectivity index (χ1) is 19.6. The maximum absolute atomic E-state index is 13.3. The van der Waals surface area contributed by atoms with Gasteiger partial charge in [0.25, 0.3) is 5.91 Å². The number of fused-ring (bicyclic) bond motifs is 1. The minimum absolute atomic E-state index is 0.0938. The van der Waals surface area contributed by atoms with Crippen molar-refractivity contribution in [2.75, 3.05) is 19.7 Å². The van der Waals surface area contributed by atoms with Gasteiger partial charge in [0.2, 0.25) is 5.91 Å². The minimum atomic E-state index is -0.888. The second-order valence-electron chi connectivity index (χ2n) is 11.0. The number of para-hydroxylation sites is 1. The van der Waals surface area contributed by atoms with Crippen LogP contribution in [0.3, 0.4) is 0 Å². The fourth-order valence-corrected chi connectivity index (χ4v) is 5.31. The Hall–Kier alpha value is -4.02. The van der Waals surface area contributed by atoms with Crippen molar-refractivity contribution in [1.82, 2.24) is 20.7 Å². The molecule has 2 aromatic carbocycles. The maximum atomic E-state index is 13.3. The molecule has 0 saturated carbocycles. The third kappa shape index (κ3) is 7.01. The van der Waals surface area contributed by atoms with E-state index in [4.69, 9.17) is 9.47 Å². The van der Waals surface area contributed by atoms with Gasteiger partial charge in [-0.1, -0.05) is 18.2 Å². The number of amides is 2. The molecule has 1 aromatic heterocycles. The van der Waals surface area contributed by atoms with Gasteiger partial charge in [-0.3, -0.25) is 29.5 Å². The van der Waals surface area contributed by atoms with Crippen molar-refractivity contribution >= 4 is 28.7 Å². The molecule has 1 fully saturated rings. The van der Waals surface area contributed by atoms with E-state index in [9.17, 15) is 19.6 Å². The fraction of sp³-hybridized carbons (Fsp3) is 0.419. The molecule has 0 atom stereocenters. The highest BCUT2D eigenvalue weighted by molar-refractivity contribution is 5.95. The molecule has 218 valence electrons. The van der Waals surface area contributed by atoms with Crippen LogP contribution in [-0.2, 0) is 20.9 Å². The van der Waals surface area contributed by atoms with Gasteiger partial charge in [0.1, 0.15) is 17.9 Å². The van der Waals surface area contributed by atoms with E-state index in [1.54, 1.807) is 50.5 Å². The number of piperidine rings is 1. The SMILES string of the molecule is CCOC(=O)C(C)(C)N1CCC(CC(=O)NO)(NC(=O)c2ccc(OCc3cc(C)nc4ccccc34)cc2)CC1. The first-order valence-electron chi connectivity index (χ1n) is 13.8. The summed E-state index contributed by atoms with van der Waals surface area (Å²) in [6.45, 7) is 8.88. The van der Waals surface area contributed by atoms with Crippen LogP contribution in [0.25, 0.3) is 10.9 Å². The van der Waals surface area contributed by atoms with Gasteiger partial charge in [-0.25, -0.2) is 5.48 Å². The lowest BCUT2D eigenvalue weighted by Crippen LogP contribution is -2.61. The summed E-state index contributed by atoms with van der Waals surface area (Å²) < 4.78 is 11.3. The summed E-state index contributed by atoms with van der Waals surface area (Å²) in [6.07, 6.45) is 0.731. The van der Waals surface area contributed by atoms with E-state index in [1.165, 1.54) is 0 Å². The van der Waals surface area contributed by atoms with Gasteiger partial charge in [0.15, 0.2) is 0 Å². The Morgan fingerprint density at radius 1 is 1.07 bits per heavy atom. The number of benzene rings is 2. The monoisotopic (exact) mass is 562 g/mol. The van der Waals surface area contributed by atoms with Crippen molar-refractivity contribution in [2.45, 2.75) is 64.6 Å². The Bertz CT molecular complexity index is 1400. The molecule has 3 N–H and O–H groups in total. The van der Waals surface area contributed by atoms with Crippen LogP contribution in [0.2, 0.25) is 0 Å². The second kappa shape index (κ2) is 12.7. The molecule has 2 heterocycles. The van der Waals surface area contributed by atoms with Gasteiger partial charge in [0, 0.05) is 35.3 Å². The van der Waals surface area contributed by atoms with Crippen LogP contribution in [0.15, 0.2) is 54.6 Å². The maximum Gasteiger partial charge on any atom is 0.325 e. The molecular formula is C31H38N4O6. The van der Waals surface area contributed by atoms with E-state index >= 15 is 0 Å². The van der Waals surface area contributed by atoms with Crippen LogP contribution >= 0.6 is 0 Å². The number of rotatable bonds is 10. The molecule has 2 amide bonds. The van der Waals surface area contributed by atoms with Gasteiger partial charge < -0.3 is 14.8 Å². The van der Waals surface area contributed by atoms with E-state index in [0.29, 0.717) is 43.9 Å². The van der Waals surface area contributed by atoms with E-state index < -0.39 is 17.0 Å². The highest BCUT2D eigenvalue weighted by Crippen LogP contribution is 2.31. The lowest BCUT2D eigenvalue weighted by atomic mass is 9.82. The molecule has 10 heteroatoms. The van der Waals surface area contributed by atoms with Gasteiger partial charge in [-0.2, -0.15) is 0 Å². The van der Waals surface area contributed by atoms with Crippen LogP contribution in [-0.4, -0.2) is 63.6 Å². The van der Waals surface area contributed by atoms with Crippen molar-refractivity contribution in [3.63, 3.8) is 0 Å². The zero-order valence-corrected chi connectivity index (χ0v) is 24.0. The molecule has 0 unspecified atom stereocenters. The number of nitrogens with zero attached hydrogens (tertiary/aromatic N) is 2. The molecular weight excluding hydrogens is 524 g/mol. The number of esters is 1. The van der Waals surface area contributed by atoms with Crippen molar-refractivity contribution in [3.8, 4) is 5.75 Å². The van der Waals surface area contributed by atoms with Crippen LogP contribution in [0.1, 0.15) is 61.6 Å². The molecule has 0 radical (unpaired) electrons. The molecule has 1 saturated heterocycles. The number of hydrogen-bond donors (Lipinski definition) is 3. The number of likely N-dealkylation sites (tertiary alicyclic amines) is 1. The summed E-state index contributed by atoms with van der Waals surface area (Å²) in [6, 6.07) is 16.8. The zero-order chi connectivity index (χ0) is 29.6. The predicted octanol–water partition coefficient (Wildman–Crippen LogP) is 3.92. The molecule has 0 bridgehead atoms. The Labute approximate surface area is 240 Å². The normalized spacial score (nSPS) is 15.2. The van der Waals surface area contributed by atoms with E-state index in [-0.39, 0.29) is 24.9 Å². The van der Waals surface area contributed by atoms with E-state index in [0.717, 1.165) is 22.2 Å². The Morgan fingerprint density at radius 3 is 2.41 bits per heavy atom. The number of hydroxylamine groups is 1. The van der Waals surface area contributed by atoms with Crippen molar-refractivity contribution in [2.24, 2.45) is 0 Å². The van der Waals surface area contributed by atoms with Gasteiger partial charge in [-0.15, -0.1) is 0 Å². The summed E-state index contributed by atoms with van der Waals surface area (Å²) in [7, 11) is 0. The number of carbonyl (C=O) groups is 3. The van der Waals surface area contributed by atoms with E-state index in [2.05, 4.69) is 10.3 Å². The standard InChI is InChI=1S/C31H38N4O6/c1-5-40-29(38)30(3,4)35-16-14-31(15-17-35,19-27(36)34-39)33-28(37)22-10-12-24(13-11-22)41-20-23-18-21(2)32-26-9-7-6-8-25(23)26/h6-13,18,39H,5,14-17,19-20H2,1-4H3,(H,33,37)(H,34,36). The van der Waals surface area contributed by atoms with Gasteiger partial charge in [0.05, 0.1) is 24.1 Å². The number of pyridine rings is 1. The number of carbonyl (C=O) groups excluding carboxylic acids is 3. The zero-order valence-electron chi connectivity index (χ0n) is 24.0. The summed E-state index contributed by atoms with van der Waals surface area (Å²) >= 11 is 0. The predicted molar refractivity (Wildman–Crippen MR) is 154 cm³/mol. The van der Waals surface area contributed by atoms with Crippen molar-refractivity contribution in [3.05, 3.63) is 71.4 Å². The number of ether oxygens (including phenoxy) is 2. The molecule has 10 nitrogen and oxygen atoms in total. The largest absolute Gasteiger partial charge is 0.489 e. The summed E-state index contributed by atoms with van der Waals surface area (Å²) in [4.78, 5) is 44.5. The van der Waals surface area contributed by atoms with Crippen LogP contribution < -0.4 is 15.5 Å². The molecule has 3 aromatic rings. The number of aromatic nitrogens is 1. The average Bonchev–Trinajstić information content (AvgIpc) is 2.96. The third-order valence-corrected chi connectivity index (χ3v) is 7.73. The molecule has 1 aliphatic rings. The Morgan fingerprint density at radius 2 is 1.76 bits per heavy atom. The highest BCUT2D eigenvalue weighted by Gasteiger charge is 2.44. The average molecular weight is 563 g/mol. The molecule has 0 spiro atoms. The first-order valence-corrected chi connectivity index (χ1v) is 13.8. The Balaban J connectivity index is 1.42. The first kappa shape index (κ1) is 30.0. The molecule has 4 rings (SSSR count). The van der Waals surface area contributed by atoms with Gasteiger partial charge >= 0.3 is 5.97 Å². The third-order valence-electron chi connectivity index (χ3n) is 7.73. The minimum Gasteiger partial charge on any atom is -0.489 e. The Kier molecular flexibility index (Phi) is 9.25. The van der Waals surface area contributed by atoms with E-state index in [1.807, 2.05) is 42.2 Å². The summed E-state index contributed by atoms with van der Waals surface area (Å²) in [5.41, 5.74) is 3.21. The second-order valence-corrected chi connectivity index (χ2v) is 11.0. The lowest BCUT2D eigenvalue weighted by Gasteiger charge is -2.46.